The maximum atomic E-state index is 13.0. The maximum Gasteiger partial charge on any atom is 0.307 e. The van der Waals surface area contributed by atoms with Crippen molar-refractivity contribution in [1.29, 1.82) is 0 Å². The smallest absolute Gasteiger partial charge is 0.307 e. The molecule has 2 unspecified atom stereocenters. The quantitative estimate of drug-likeness (QED) is 0.194. The fraction of sp³-hybridized carbons (Fsp3) is 0.581. The summed E-state index contributed by atoms with van der Waals surface area (Å²) in [6, 6.07) is 21.2. The first kappa shape index (κ1) is 29.1. The summed E-state index contributed by atoms with van der Waals surface area (Å²) in [5, 5.41) is 0. The van der Waals surface area contributed by atoms with Crippen LogP contribution in [-0.2, 0) is 27.4 Å². The lowest BCUT2D eigenvalue weighted by atomic mass is 9.97. The molecule has 0 aliphatic carbocycles. The molecule has 0 aliphatic rings. The second-order valence-corrected chi connectivity index (χ2v) is 10.8. The molecule has 194 valence electrons. The van der Waals surface area contributed by atoms with Gasteiger partial charge in [0, 0.05) is 18.6 Å². The van der Waals surface area contributed by atoms with Gasteiger partial charge in [0.2, 0.25) is 0 Å². The van der Waals surface area contributed by atoms with Crippen molar-refractivity contribution >= 4 is 5.97 Å². The summed E-state index contributed by atoms with van der Waals surface area (Å²) < 4.78 is 12.2. The molecule has 0 aromatic heterocycles. The lowest BCUT2D eigenvalue weighted by Crippen LogP contribution is -2.44. The third-order valence-electron chi connectivity index (χ3n) is 6.16. The number of nitrogens with zero attached hydrogens (tertiary/aromatic N) is 1. The van der Waals surface area contributed by atoms with E-state index >= 15 is 0 Å². The molecule has 0 aliphatic heterocycles. The summed E-state index contributed by atoms with van der Waals surface area (Å²) >= 11 is 0. The number of hydrogen-bond acceptors (Lipinski definition) is 4. The standard InChI is InChI=1S/C31H47NO3/c1-7-8-11-20-29(34-24-27-18-14-10-15-19-27)21-28(22-30(33)35-31(4,5)6)32(25(2)3)23-26-16-12-9-13-17-26/h9-10,12-19,25,28-29H,7-8,11,20-24H2,1-6H3. The van der Waals surface area contributed by atoms with E-state index in [0.717, 1.165) is 25.8 Å². The molecule has 2 rings (SSSR count). The second kappa shape index (κ2) is 15.1. The monoisotopic (exact) mass is 481 g/mol. The van der Waals surface area contributed by atoms with Crippen LogP contribution in [-0.4, -0.2) is 34.7 Å². The summed E-state index contributed by atoms with van der Waals surface area (Å²) in [7, 11) is 0. The molecule has 0 radical (unpaired) electrons. The van der Waals surface area contributed by atoms with Crippen molar-refractivity contribution in [2.75, 3.05) is 0 Å². The van der Waals surface area contributed by atoms with Crippen molar-refractivity contribution in [3.63, 3.8) is 0 Å². The van der Waals surface area contributed by atoms with E-state index in [-0.39, 0.29) is 24.2 Å². The van der Waals surface area contributed by atoms with Crippen LogP contribution in [0.15, 0.2) is 60.7 Å². The molecule has 2 atom stereocenters. The lowest BCUT2D eigenvalue weighted by Gasteiger charge is -2.37. The first-order valence-electron chi connectivity index (χ1n) is 13.3. The van der Waals surface area contributed by atoms with Gasteiger partial charge in [-0.05, 0) is 58.6 Å². The third-order valence-corrected chi connectivity index (χ3v) is 6.16. The highest BCUT2D eigenvalue weighted by Crippen LogP contribution is 2.24. The first-order valence-corrected chi connectivity index (χ1v) is 13.3. The highest BCUT2D eigenvalue weighted by atomic mass is 16.6. The Bertz CT molecular complexity index is 829. The van der Waals surface area contributed by atoms with Crippen LogP contribution in [0.5, 0.6) is 0 Å². The zero-order valence-electron chi connectivity index (χ0n) is 22.8. The van der Waals surface area contributed by atoms with E-state index in [1.807, 2.05) is 32.9 Å². The fourth-order valence-electron chi connectivity index (χ4n) is 4.42. The van der Waals surface area contributed by atoms with E-state index < -0.39 is 5.60 Å². The SMILES string of the molecule is CCCCCC(CC(CC(=O)OC(C)(C)C)N(Cc1ccccc1)C(C)C)OCc1ccccc1. The fourth-order valence-corrected chi connectivity index (χ4v) is 4.42. The molecular formula is C31H47NO3. The van der Waals surface area contributed by atoms with Crippen LogP contribution in [0.25, 0.3) is 0 Å². The van der Waals surface area contributed by atoms with Crippen LogP contribution in [0, 0.1) is 0 Å². The Balaban J connectivity index is 2.23. The largest absolute Gasteiger partial charge is 0.460 e. The number of rotatable bonds is 15. The van der Waals surface area contributed by atoms with Gasteiger partial charge in [0.15, 0.2) is 0 Å². The molecule has 2 aromatic carbocycles. The van der Waals surface area contributed by atoms with Crippen LogP contribution < -0.4 is 0 Å². The van der Waals surface area contributed by atoms with E-state index in [0.29, 0.717) is 13.0 Å². The normalized spacial score (nSPS) is 13.7. The van der Waals surface area contributed by atoms with Crippen molar-refractivity contribution in [2.24, 2.45) is 0 Å². The van der Waals surface area contributed by atoms with Crippen molar-refractivity contribution < 1.29 is 14.3 Å². The second-order valence-electron chi connectivity index (χ2n) is 10.8. The van der Waals surface area contributed by atoms with Gasteiger partial charge in [-0.1, -0.05) is 86.8 Å². The van der Waals surface area contributed by atoms with Crippen LogP contribution in [0.2, 0.25) is 0 Å². The van der Waals surface area contributed by atoms with Crippen LogP contribution in [0.1, 0.15) is 91.2 Å². The number of benzene rings is 2. The van der Waals surface area contributed by atoms with Gasteiger partial charge in [0.1, 0.15) is 5.60 Å². The van der Waals surface area contributed by atoms with Crippen molar-refractivity contribution in [3.8, 4) is 0 Å². The summed E-state index contributed by atoms with van der Waals surface area (Å²) in [6.07, 6.45) is 5.77. The Morgan fingerprint density at radius 3 is 2.06 bits per heavy atom. The molecule has 0 amide bonds. The van der Waals surface area contributed by atoms with Crippen LogP contribution >= 0.6 is 0 Å². The topological polar surface area (TPSA) is 38.8 Å². The van der Waals surface area contributed by atoms with E-state index in [9.17, 15) is 4.79 Å². The molecule has 0 saturated heterocycles. The van der Waals surface area contributed by atoms with E-state index in [1.165, 1.54) is 24.0 Å². The first-order chi connectivity index (χ1) is 16.7. The number of hydrogen-bond donors (Lipinski definition) is 0. The molecule has 4 heteroatoms. The van der Waals surface area contributed by atoms with Crippen LogP contribution in [0.3, 0.4) is 0 Å². The van der Waals surface area contributed by atoms with E-state index in [4.69, 9.17) is 9.47 Å². The number of esters is 1. The molecule has 0 fully saturated rings. The maximum absolute atomic E-state index is 13.0. The highest BCUT2D eigenvalue weighted by molar-refractivity contribution is 5.70. The van der Waals surface area contributed by atoms with Gasteiger partial charge in [0.25, 0.3) is 0 Å². The molecule has 2 aromatic rings. The van der Waals surface area contributed by atoms with E-state index in [1.54, 1.807) is 0 Å². The minimum Gasteiger partial charge on any atom is -0.460 e. The van der Waals surface area contributed by atoms with Gasteiger partial charge in [0.05, 0.1) is 19.1 Å². The summed E-state index contributed by atoms with van der Waals surface area (Å²) in [6.45, 7) is 13.8. The Morgan fingerprint density at radius 2 is 1.51 bits per heavy atom. The minimum atomic E-state index is -0.492. The molecule has 0 saturated carbocycles. The number of carbonyl (C=O) groups excluding carboxylic acids is 1. The summed E-state index contributed by atoms with van der Waals surface area (Å²) in [5.74, 6) is -0.142. The minimum absolute atomic E-state index is 0.0347. The molecule has 35 heavy (non-hydrogen) atoms. The Morgan fingerprint density at radius 1 is 0.914 bits per heavy atom. The predicted molar refractivity (Wildman–Crippen MR) is 145 cm³/mol. The zero-order valence-corrected chi connectivity index (χ0v) is 22.8. The highest BCUT2D eigenvalue weighted by Gasteiger charge is 2.29. The van der Waals surface area contributed by atoms with Crippen molar-refractivity contribution in [1.82, 2.24) is 4.90 Å². The van der Waals surface area contributed by atoms with Crippen LogP contribution in [0.4, 0.5) is 0 Å². The average Bonchev–Trinajstić information content (AvgIpc) is 2.80. The van der Waals surface area contributed by atoms with Crippen molar-refractivity contribution in [3.05, 3.63) is 71.8 Å². The molecule has 0 spiro atoms. The predicted octanol–water partition coefficient (Wildman–Crippen LogP) is 7.55. The lowest BCUT2D eigenvalue weighted by molar-refractivity contribution is -0.157. The van der Waals surface area contributed by atoms with Gasteiger partial charge in [-0.2, -0.15) is 0 Å². The average molecular weight is 482 g/mol. The Hall–Kier alpha value is -2.17. The molecular weight excluding hydrogens is 434 g/mol. The molecule has 4 nitrogen and oxygen atoms in total. The van der Waals surface area contributed by atoms with E-state index in [2.05, 4.69) is 74.2 Å². The number of unbranched alkanes of at least 4 members (excludes halogenated alkanes) is 2. The summed E-state index contributed by atoms with van der Waals surface area (Å²) in [5.41, 5.74) is 1.94. The number of carbonyl (C=O) groups is 1. The summed E-state index contributed by atoms with van der Waals surface area (Å²) in [4.78, 5) is 15.4. The van der Waals surface area contributed by atoms with Gasteiger partial charge < -0.3 is 9.47 Å². The Kier molecular flexibility index (Phi) is 12.5. The molecule has 0 heterocycles. The zero-order chi connectivity index (χ0) is 25.7. The van der Waals surface area contributed by atoms with Gasteiger partial charge >= 0.3 is 5.97 Å². The van der Waals surface area contributed by atoms with Gasteiger partial charge in [-0.15, -0.1) is 0 Å². The molecule has 0 bridgehead atoms. The van der Waals surface area contributed by atoms with Gasteiger partial charge in [-0.25, -0.2) is 0 Å². The Labute approximate surface area is 214 Å². The van der Waals surface area contributed by atoms with Crippen molar-refractivity contribution in [2.45, 2.75) is 117 Å². The van der Waals surface area contributed by atoms with Gasteiger partial charge in [-0.3, -0.25) is 9.69 Å². The third kappa shape index (κ3) is 11.9. The molecule has 0 N–H and O–H groups in total. The number of ether oxygens (including phenoxy) is 2.